The molecule has 1 saturated carbocycles. The molecule has 1 aliphatic heterocycles. The Kier molecular flexibility index (Phi) is 6.63. The minimum absolute atomic E-state index is 0.134. The van der Waals surface area contributed by atoms with Gasteiger partial charge in [-0.05, 0) is 61.4 Å². The molecule has 5 nitrogen and oxygen atoms in total. The summed E-state index contributed by atoms with van der Waals surface area (Å²) in [6, 6.07) is 14.3. The Bertz CT molecular complexity index is 1010. The summed E-state index contributed by atoms with van der Waals surface area (Å²) in [5.41, 5.74) is 4.61. The summed E-state index contributed by atoms with van der Waals surface area (Å²) in [4.78, 5) is 27.7. The van der Waals surface area contributed by atoms with Crippen LogP contribution in [-0.4, -0.2) is 35.9 Å². The van der Waals surface area contributed by atoms with Gasteiger partial charge in [0, 0.05) is 19.0 Å². The van der Waals surface area contributed by atoms with E-state index >= 15 is 0 Å². The Labute approximate surface area is 190 Å². The van der Waals surface area contributed by atoms with Crippen molar-refractivity contribution in [3.05, 3.63) is 77.4 Å². The highest BCUT2D eigenvalue weighted by molar-refractivity contribution is 5.82. The quantitative estimate of drug-likeness (QED) is 0.632. The van der Waals surface area contributed by atoms with Crippen molar-refractivity contribution in [2.45, 2.75) is 51.7 Å². The molecule has 1 heterocycles. The van der Waals surface area contributed by atoms with E-state index in [4.69, 9.17) is 4.74 Å². The third kappa shape index (κ3) is 4.72. The molecule has 2 aromatic carbocycles. The number of nitrogens with one attached hydrogen (secondary N) is 1. The van der Waals surface area contributed by atoms with Crippen LogP contribution in [0, 0.1) is 12.8 Å². The van der Waals surface area contributed by atoms with E-state index in [-0.39, 0.29) is 23.8 Å². The molecule has 2 aromatic rings. The van der Waals surface area contributed by atoms with Crippen LogP contribution in [0.5, 0.6) is 5.75 Å². The van der Waals surface area contributed by atoms with E-state index in [0.29, 0.717) is 18.7 Å². The van der Waals surface area contributed by atoms with Gasteiger partial charge in [-0.1, -0.05) is 48.9 Å². The average molecular weight is 433 g/mol. The second-order valence-corrected chi connectivity index (χ2v) is 8.78. The zero-order valence-corrected chi connectivity index (χ0v) is 19.0. The van der Waals surface area contributed by atoms with Gasteiger partial charge in [0.25, 0.3) is 5.91 Å². The SMILES string of the molecule is C=CCNC(=O)[C@H](CC)Oc1ccc2c(c1)[C@H](c1cccc(C)c1)N(C(=O)C1CC1)CC2. The molecule has 2 atom stereocenters. The average Bonchev–Trinajstić information content (AvgIpc) is 3.65. The van der Waals surface area contributed by atoms with Crippen molar-refractivity contribution in [1.82, 2.24) is 10.2 Å². The van der Waals surface area contributed by atoms with Gasteiger partial charge in [0.1, 0.15) is 5.75 Å². The number of nitrogens with zero attached hydrogens (tertiary/aromatic N) is 1. The summed E-state index contributed by atoms with van der Waals surface area (Å²) < 4.78 is 6.10. The molecule has 5 heteroatoms. The van der Waals surface area contributed by atoms with E-state index < -0.39 is 6.10 Å². The molecule has 0 unspecified atom stereocenters. The molecule has 32 heavy (non-hydrogen) atoms. The second kappa shape index (κ2) is 9.60. The van der Waals surface area contributed by atoms with Crippen LogP contribution in [0.1, 0.15) is 54.5 Å². The number of fused-ring (bicyclic) bond motifs is 1. The second-order valence-electron chi connectivity index (χ2n) is 8.78. The fourth-order valence-electron chi connectivity index (χ4n) is 4.44. The van der Waals surface area contributed by atoms with Gasteiger partial charge in [-0.25, -0.2) is 0 Å². The summed E-state index contributed by atoms with van der Waals surface area (Å²) in [5, 5.41) is 2.81. The van der Waals surface area contributed by atoms with Gasteiger partial charge < -0.3 is 15.0 Å². The molecule has 1 fully saturated rings. The molecular formula is C27H32N2O3. The molecule has 0 aromatic heterocycles. The third-order valence-corrected chi connectivity index (χ3v) is 6.28. The normalized spacial score (nSPS) is 18.4. The Morgan fingerprint density at radius 2 is 2.06 bits per heavy atom. The molecule has 2 amide bonds. The maximum absolute atomic E-state index is 13.2. The smallest absolute Gasteiger partial charge is 0.261 e. The van der Waals surface area contributed by atoms with Crippen LogP contribution in [0.15, 0.2) is 55.1 Å². The molecule has 1 N–H and O–H groups in total. The number of carbonyl (C=O) groups excluding carboxylic acids is 2. The Hall–Kier alpha value is -3.08. The van der Waals surface area contributed by atoms with Crippen LogP contribution in [0.3, 0.4) is 0 Å². The van der Waals surface area contributed by atoms with Gasteiger partial charge in [-0.2, -0.15) is 0 Å². The molecule has 1 aliphatic carbocycles. The third-order valence-electron chi connectivity index (χ3n) is 6.28. The van der Waals surface area contributed by atoms with E-state index in [0.717, 1.165) is 36.9 Å². The van der Waals surface area contributed by atoms with Gasteiger partial charge in [-0.15, -0.1) is 6.58 Å². The number of hydrogen-bond donors (Lipinski definition) is 1. The first kappa shape index (κ1) is 22.1. The van der Waals surface area contributed by atoms with Crippen molar-refractivity contribution in [1.29, 1.82) is 0 Å². The molecular weight excluding hydrogens is 400 g/mol. The fourth-order valence-corrected chi connectivity index (χ4v) is 4.44. The van der Waals surface area contributed by atoms with Gasteiger partial charge in [0.05, 0.1) is 6.04 Å². The monoisotopic (exact) mass is 432 g/mol. The summed E-state index contributed by atoms with van der Waals surface area (Å²) in [6.07, 6.45) is 4.45. The van der Waals surface area contributed by atoms with Gasteiger partial charge in [-0.3, -0.25) is 9.59 Å². The van der Waals surface area contributed by atoms with Crippen molar-refractivity contribution >= 4 is 11.8 Å². The molecule has 2 aliphatic rings. The van der Waals surface area contributed by atoms with E-state index in [2.05, 4.69) is 49.2 Å². The summed E-state index contributed by atoms with van der Waals surface area (Å²) >= 11 is 0. The topological polar surface area (TPSA) is 58.6 Å². The Morgan fingerprint density at radius 3 is 2.75 bits per heavy atom. The Balaban J connectivity index is 1.68. The van der Waals surface area contributed by atoms with Crippen LogP contribution in [0.25, 0.3) is 0 Å². The van der Waals surface area contributed by atoms with Crippen molar-refractivity contribution in [3.8, 4) is 5.75 Å². The summed E-state index contributed by atoms with van der Waals surface area (Å²) in [5.74, 6) is 0.929. The molecule has 4 rings (SSSR count). The van der Waals surface area contributed by atoms with Crippen LogP contribution in [0.4, 0.5) is 0 Å². The fraction of sp³-hybridized carbons (Fsp3) is 0.407. The number of benzene rings is 2. The van der Waals surface area contributed by atoms with Crippen LogP contribution in [0.2, 0.25) is 0 Å². The largest absolute Gasteiger partial charge is 0.481 e. The lowest BCUT2D eigenvalue weighted by Crippen LogP contribution is -2.41. The molecule has 0 bridgehead atoms. The maximum atomic E-state index is 13.2. The van der Waals surface area contributed by atoms with Crippen molar-refractivity contribution in [2.75, 3.05) is 13.1 Å². The van der Waals surface area contributed by atoms with E-state index in [1.54, 1.807) is 6.08 Å². The highest BCUT2D eigenvalue weighted by Gasteiger charge is 2.39. The van der Waals surface area contributed by atoms with Crippen LogP contribution < -0.4 is 10.1 Å². The minimum Gasteiger partial charge on any atom is -0.481 e. The first-order valence-corrected chi connectivity index (χ1v) is 11.6. The van der Waals surface area contributed by atoms with Crippen LogP contribution in [-0.2, 0) is 16.0 Å². The maximum Gasteiger partial charge on any atom is 0.261 e. The van der Waals surface area contributed by atoms with E-state index in [1.165, 1.54) is 11.1 Å². The predicted octanol–water partition coefficient (Wildman–Crippen LogP) is 4.34. The molecule has 168 valence electrons. The summed E-state index contributed by atoms with van der Waals surface area (Å²) in [6.45, 7) is 8.79. The van der Waals surface area contributed by atoms with Crippen molar-refractivity contribution in [2.24, 2.45) is 5.92 Å². The van der Waals surface area contributed by atoms with Gasteiger partial charge in [0.2, 0.25) is 5.91 Å². The van der Waals surface area contributed by atoms with Crippen molar-refractivity contribution in [3.63, 3.8) is 0 Å². The lowest BCUT2D eigenvalue weighted by atomic mass is 9.87. The van der Waals surface area contributed by atoms with E-state index in [9.17, 15) is 9.59 Å². The van der Waals surface area contributed by atoms with Crippen LogP contribution >= 0.6 is 0 Å². The number of ether oxygens (including phenoxy) is 1. The van der Waals surface area contributed by atoms with E-state index in [1.807, 2.05) is 24.0 Å². The van der Waals surface area contributed by atoms with Gasteiger partial charge >= 0.3 is 0 Å². The number of rotatable bonds is 8. The molecule has 0 radical (unpaired) electrons. The highest BCUT2D eigenvalue weighted by atomic mass is 16.5. The van der Waals surface area contributed by atoms with Crippen molar-refractivity contribution < 1.29 is 14.3 Å². The zero-order valence-electron chi connectivity index (χ0n) is 19.0. The highest BCUT2D eigenvalue weighted by Crippen LogP contribution is 2.41. The number of hydrogen-bond acceptors (Lipinski definition) is 3. The Morgan fingerprint density at radius 1 is 1.25 bits per heavy atom. The lowest BCUT2D eigenvalue weighted by Gasteiger charge is -2.38. The number of carbonyl (C=O) groups is 2. The summed E-state index contributed by atoms with van der Waals surface area (Å²) in [7, 11) is 0. The number of aryl methyl sites for hydroxylation is 1. The first-order valence-electron chi connectivity index (χ1n) is 11.6. The molecule has 0 spiro atoms. The lowest BCUT2D eigenvalue weighted by molar-refractivity contribution is -0.134. The first-order chi connectivity index (χ1) is 15.5. The zero-order chi connectivity index (χ0) is 22.7. The number of amides is 2. The standard InChI is InChI=1S/C27H32N2O3/c1-4-14-28-26(30)24(5-2)32-22-12-11-19-13-15-29(27(31)20-9-10-20)25(23(19)17-22)21-8-6-7-18(3)16-21/h4,6-8,11-12,16-17,20,24-25H,1,5,9-10,13-15H2,2-3H3,(H,28,30)/t24-,25-/m0/s1. The minimum atomic E-state index is -0.571. The predicted molar refractivity (Wildman–Crippen MR) is 126 cm³/mol. The molecule has 0 saturated heterocycles. The van der Waals surface area contributed by atoms with Gasteiger partial charge in [0.15, 0.2) is 6.10 Å².